The monoisotopic (exact) mass is 210 g/mol. The largest absolute Gasteiger partial charge is 0.303 e. The van der Waals surface area contributed by atoms with E-state index in [9.17, 15) is 0 Å². The van der Waals surface area contributed by atoms with Crippen molar-refractivity contribution in [2.45, 2.75) is 39.7 Å². The summed E-state index contributed by atoms with van der Waals surface area (Å²) in [7, 11) is 0. The van der Waals surface area contributed by atoms with Crippen LogP contribution >= 0.6 is 0 Å². The van der Waals surface area contributed by atoms with E-state index in [0.29, 0.717) is 0 Å². The average Bonchev–Trinajstić information content (AvgIpc) is 2.17. The molecule has 0 aromatic rings. The minimum atomic E-state index is 0.750. The molecule has 0 aromatic heterocycles. The minimum Gasteiger partial charge on any atom is -0.303 e. The van der Waals surface area contributed by atoms with E-state index >= 15 is 0 Å². The third-order valence-electron chi connectivity index (χ3n) is 4.40. The van der Waals surface area contributed by atoms with E-state index in [1.165, 1.54) is 45.6 Å². The molecule has 2 saturated heterocycles. The molecule has 2 rings (SSSR count). The zero-order chi connectivity index (χ0) is 10.8. The summed E-state index contributed by atoms with van der Waals surface area (Å²) in [5.41, 5.74) is 0. The Morgan fingerprint density at radius 1 is 1.07 bits per heavy atom. The fourth-order valence-electron chi connectivity index (χ4n) is 3.07. The standard InChI is InChI=1S/C13H26N2/c1-4-14-9-13(10-14)12-5-7-15(8-6-12)11(2)3/h11-13H,4-10H2,1-3H3. The van der Waals surface area contributed by atoms with Gasteiger partial charge in [0.05, 0.1) is 0 Å². The lowest BCUT2D eigenvalue weighted by Crippen LogP contribution is -2.52. The number of piperidine rings is 1. The molecule has 0 unspecified atom stereocenters. The number of rotatable bonds is 3. The quantitative estimate of drug-likeness (QED) is 0.703. The van der Waals surface area contributed by atoms with Gasteiger partial charge in [0.2, 0.25) is 0 Å². The summed E-state index contributed by atoms with van der Waals surface area (Å²) in [6.07, 6.45) is 2.89. The van der Waals surface area contributed by atoms with Gasteiger partial charge in [0, 0.05) is 19.1 Å². The molecule has 0 radical (unpaired) electrons. The first kappa shape index (κ1) is 11.4. The lowest BCUT2D eigenvalue weighted by atomic mass is 9.79. The van der Waals surface area contributed by atoms with Crippen LogP contribution in [0.1, 0.15) is 33.6 Å². The highest BCUT2D eigenvalue weighted by atomic mass is 15.2. The van der Waals surface area contributed by atoms with Gasteiger partial charge in [-0.1, -0.05) is 6.92 Å². The molecule has 2 heteroatoms. The van der Waals surface area contributed by atoms with Crippen LogP contribution in [0.15, 0.2) is 0 Å². The van der Waals surface area contributed by atoms with Crippen LogP contribution in [0, 0.1) is 11.8 Å². The van der Waals surface area contributed by atoms with Gasteiger partial charge in [0.15, 0.2) is 0 Å². The highest BCUT2D eigenvalue weighted by Gasteiger charge is 2.34. The highest BCUT2D eigenvalue weighted by molar-refractivity contribution is 4.87. The second-order valence-corrected chi connectivity index (χ2v) is 5.58. The van der Waals surface area contributed by atoms with Gasteiger partial charge in [0.25, 0.3) is 0 Å². The molecular formula is C13H26N2. The fourth-order valence-corrected chi connectivity index (χ4v) is 3.07. The summed E-state index contributed by atoms with van der Waals surface area (Å²) in [5.74, 6) is 2.06. The van der Waals surface area contributed by atoms with Crippen molar-refractivity contribution in [3.8, 4) is 0 Å². The zero-order valence-electron chi connectivity index (χ0n) is 10.6. The molecule has 88 valence electrons. The maximum atomic E-state index is 2.63. The average molecular weight is 210 g/mol. The summed E-state index contributed by atoms with van der Waals surface area (Å²) in [4.78, 5) is 5.20. The molecule has 2 heterocycles. The molecule has 0 atom stereocenters. The second kappa shape index (κ2) is 4.84. The number of likely N-dealkylation sites (tertiary alicyclic amines) is 2. The summed E-state index contributed by atoms with van der Waals surface area (Å²) in [5, 5.41) is 0. The lowest BCUT2D eigenvalue weighted by Gasteiger charge is -2.46. The number of nitrogens with zero attached hydrogens (tertiary/aromatic N) is 2. The predicted octanol–water partition coefficient (Wildman–Crippen LogP) is 2.06. The van der Waals surface area contributed by atoms with Gasteiger partial charge >= 0.3 is 0 Å². The van der Waals surface area contributed by atoms with E-state index in [4.69, 9.17) is 0 Å². The molecule has 0 aromatic carbocycles. The Balaban J connectivity index is 1.70. The van der Waals surface area contributed by atoms with Crippen LogP contribution in [0.5, 0.6) is 0 Å². The predicted molar refractivity (Wildman–Crippen MR) is 65.0 cm³/mol. The Morgan fingerprint density at radius 3 is 2.13 bits per heavy atom. The number of hydrogen-bond acceptors (Lipinski definition) is 2. The summed E-state index contributed by atoms with van der Waals surface area (Å²) >= 11 is 0. The third-order valence-corrected chi connectivity index (χ3v) is 4.40. The Bertz CT molecular complexity index is 189. The van der Waals surface area contributed by atoms with E-state index in [0.717, 1.165) is 17.9 Å². The van der Waals surface area contributed by atoms with Gasteiger partial charge < -0.3 is 9.80 Å². The molecule has 2 aliphatic rings. The molecule has 0 amide bonds. The molecule has 0 N–H and O–H groups in total. The van der Waals surface area contributed by atoms with Gasteiger partial charge in [0.1, 0.15) is 0 Å². The van der Waals surface area contributed by atoms with Crippen molar-refractivity contribution in [3.63, 3.8) is 0 Å². The molecule has 2 fully saturated rings. The van der Waals surface area contributed by atoms with Crippen molar-refractivity contribution in [2.75, 3.05) is 32.7 Å². The van der Waals surface area contributed by atoms with Crippen LogP contribution in [0.3, 0.4) is 0 Å². The van der Waals surface area contributed by atoms with Crippen molar-refractivity contribution in [1.82, 2.24) is 9.80 Å². The Labute approximate surface area is 94.6 Å². The minimum absolute atomic E-state index is 0.750. The molecule has 0 spiro atoms. The smallest absolute Gasteiger partial charge is 0.00385 e. The number of hydrogen-bond donors (Lipinski definition) is 0. The van der Waals surface area contributed by atoms with Crippen LogP contribution in [-0.4, -0.2) is 48.6 Å². The molecule has 2 nitrogen and oxygen atoms in total. The molecule has 0 bridgehead atoms. The Morgan fingerprint density at radius 2 is 1.67 bits per heavy atom. The first-order valence-corrected chi connectivity index (χ1v) is 6.67. The molecule has 0 saturated carbocycles. The van der Waals surface area contributed by atoms with Gasteiger partial charge in [-0.2, -0.15) is 0 Å². The first-order valence-electron chi connectivity index (χ1n) is 6.67. The van der Waals surface area contributed by atoms with E-state index in [-0.39, 0.29) is 0 Å². The van der Waals surface area contributed by atoms with Gasteiger partial charge in [-0.05, 0) is 58.2 Å². The van der Waals surface area contributed by atoms with Crippen molar-refractivity contribution in [2.24, 2.45) is 11.8 Å². The SMILES string of the molecule is CCN1CC(C2CCN(C(C)C)CC2)C1. The molecular weight excluding hydrogens is 184 g/mol. The van der Waals surface area contributed by atoms with Crippen molar-refractivity contribution < 1.29 is 0 Å². The zero-order valence-corrected chi connectivity index (χ0v) is 10.6. The van der Waals surface area contributed by atoms with E-state index < -0.39 is 0 Å². The summed E-state index contributed by atoms with van der Waals surface area (Å²) < 4.78 is 0. The maximum absolute atomic E-state index is 2.63. The molecule has 2 aliphatic heterocycles. The Kier molecular flexibility index (Phi) is 3.68. The topological polar surface area (TPSA) is 6.48 Å². The second-order valence-electron chi connectivity index (χ2n) is 5.58. The van der Waals surface area contributed by atoms with Crippen molar-refractivity contribution >= 4 is 0 Å². The lowest BCUT2D eigenvalue weighted by molar-refractivity contribution is 0.0264. The molecule has 0 aliphatic carbocycles. The van der Waals surface area contributed by atoms with Crippen molar-refractivity contribution in [3.05, 3.63) is 0 Å². The maximum Gasteiger partial charge on any atom is 0.00385 e. The van der Waals surface area contributed by atoms with E-state index in [2.05, 4.69) is 30.6 Å². The Hall–Kier alpha value is -0.0800. The van der Waals surface area contributed by atoms with Gasteiger partial charge in [-0.25, -0.2) is 0 Å². The fraction of sp³-hybridized carbons (Fsp3) is 1.00. The van der Waals surface area contributed by atoms with Gasteiger partial charge in [-0.15, -0.1) is 0 Å². The highest BCUT2D eigenvalue weighted by Crippen LogP contribution is 2.31. The van der Waals surface area contributed by atoms with Crippen LogP contribution in [0.4, 0.5) is 0 Å². The first-order chi connectivity index (χ1) is 7.20. The van der Waals surface area contributed by atoms with Crippen LogP contribution in [0.2, 0.25) is 0 Å². The van der Waals surface area contributed by atoms with Crippen molar-refractivity contribution in [1.29, 1.82) is 0 Å². The van der Waals surface area contributed by atoms with Crippen LogP contribution in [-0.2, 0) is 0 Å². The third kappa shape index (κ3) is 2.54. The van der Waals surface area contributed by atoms with Gasteiger partial charge in [-0.3, -0.25) is 0 Å². The summed E-state index contributed by atoms with van der Waals surface area (Å²) in [6.45, 7) is 13.6. The van der Waals surface area contributed by atoms with Crippen LogP contribution < -0.4 is 0 Å². The van der Waals surface area contributed by atoms with Crippen LogP contribution in [0.25, 0.3) is 0 Å². The summed E-state index contributed by atoms with van der Waals surface area (Å²) in [6, 6.07) is 0.750. The van der Waals surface area contributed by atoms with E-state index in [1.54, 1.807) is 0 Å². The van der Waals surface area contributed by atoms with E-state index in [1.807, 2.05) is 0 Å². The molecule has 15 heavy (non-hydrogen) atoms. The normalized spacial score (nSPS) is 27.2.